The third-order valence-electron chi connectivity index (χ3n) is 3.85. The molecule has 5 nitrogen and oxygen atoms in total. The third kappa shape index (κ3) is 2.80. The number of hydrogen-bond acceptors (Lipinski definition) is 3. The van der Waals surface area contributed by atoms with Gasteiger partial charge in [0.2, 0.25) is 0 Å². The standard InChI is InChI=1S/C17H17ClN4O/c1-4-21-8-6-14(10-16(21)23)22-11(2)17(20-12(22)3)13-5-7-19-15(18)9-13/h5-10H,4H2,1-3H3. The lowest BCUT2D eigenvalue weighted by Gasteiger charge is -2.09. The molecule has 0 atom stereocenters. The average Bonchev–Trinajstić information content (AvgIpc) is 2.82. The van der Waals surface area contributed by atoms with E-state index in [4.69, 9.17) is 11.6 Å². The van der Waals surface area contributed by atoms with Crippen LogP contribution in [0.15, 0.2) is 41.5 Å². The molecule has 0 unspecified atom stereocenters. The van der Waals surface area contributed by atoms with E-state index in [1.54, 1.807) is 29.1 Å². The molecule has 0 N–H and O–H groups in total. The molecule has 0 saturated heterocycles. The molecule has 0 aromatic carbocycles. The van der Waals surface area contributed by atoms with E-state index < -0.39 is 0 Å². The summed E-state index contributed by atoms with van der Waals surface area (Å²) in [5.74, 6) is 0.819. The molecule has 0 spiro atoms. The van der Waals surface area contributed by atoms with E-state index in [-0.39, 0.29) is 5.56 Å². The highest BCUT2D eigenvalue weighted by Crippen LogP contribution is 2.26. The minimum Gasteiger partial charge on any atom is -0.316 e. The minimum absolute atomic E-state index is 0.0222. The molecule has 23 heavy (non-hydrogen) atoms. The van der Waals surface area contributed by atoms with E-state index in [0.29, 0.717) is 11.7 Å². The van der Waals surface area contributed by atoms with Gasteiger partial charge in [0.15, 0.2) is 0 Å². The predicted molar refractivity (Wildman–Crippen MR) is 91.2 cm³/mol. The highest BCUT2D eigenvalue weighted by atomic mass is 35.5. The zero-order valence-electron chi connectivity index (χ0n) is 13.2. The first-order valence-electron chi connectivity index (χ1n) is 7.40. The van der Waals surface area contributed by atoms with Gasteiger partial charge in [0.05, 0.1) is 11.4 Å². The van der Waals surface area contributed by atoms with E-state index in [1.165, 1.54) is 0 Å². The summed E-state index contributed by atoms with van der Waals surface area (Å²) in [6.45, 7) is 6.50. The SMILES string of the molecule is CCn1ccc(-n2c(C)nc(-c3ccnc(Cl)c3)c2C)cc1=O. The van der Waals surface area contributed by atoms with Gasteiger partial charge < -0.3 is 9.13 Å². The Kier molecular flexibility index (Phi) is 4.05. The first-order chi connectivity index (χ1) is 11.0. The number of hydrogen-bond donors (Lipinski definition) is 0. The van der Waals surface area contributed by atoms with Crippen molar-refractivity contribution >= 4 is 11.6 Å². The first kappa shape index (κ1) is 15.5. The lowest BCUT2D eigenvalue weighted by atomic mass is 10.1. The van der Waals surface area contributed by atoms with Crippen molar-refractivity contribution in [2.45, 2.75) is 27.3 Å². The summed E-state index contributed by atoms with van der Waals surface area (Å²) in [6, 6.07) is 7.22. The Bertz CT molecular complexity index is 927. The lowest BCUT2D eigenvalue weighted by Crippen LogP contribution is -2.18. The molecular weight excluding hydrogens is 312 g/mol. The van der Waals surface area contributed by atoms with Gasteiger partial charge in [0, 0.05) is 36.3 Å². The molecule has 0 fully saturated rings. The highest BCUT2D eigenvalue weighted by molar-refractivity contribution is 6.29. The Hall–Kier alpha value is -2.40. The Morgan fingerprint density at radius 3 is 2.65 bits per heavy atom. The quantitative estimate of drug-likeness (QED) is 0.692. The summed E-state index contributed by atoms with van der Waals surface area (Å²) in [4.78, 5) is 20.7. The maximum Gasteiger partial charge on any atom is 0.252 e. The molecule has 3 aromatic heterocycles. The van der Waals surface area contributed by atoms with Crippen molar-refractivity contribution in [3.63, 3.8) is 0 Å². The van der Waals surface area contributed by atoms with Crippen LogP contribution >= 0.6 is 11.6 Å². The van der Waals surface area contributed by atoms with E-state index in [2.05, 4.69) is 9.97 Å². The van der Waals surface area contributed by atoms with Gasteiger partial charge in [-0.05, 0) is 39.0 Å². The van der Waals surface area contributed by atoms with Crippen molar-refractivity contribution < 1.29 is 0 Å². The molecule has 118 valence electrons. The number of aryl methyl sites for hydroxylation is 2. The van der Waals surface area contributed by atoms with Gasteiger partial charge in [-0.25, -0.2) is 9.97 Å². The number of pyridine rings is 2. The van der Waals surface area contributed by atoms with Crippen molar-refractivity contribution in [3.8, 4) is 16.9 Å². The zero-order chi connectivity index (χ0) is 16.6. The fourth-order valence-corrected chi connectivity index (χ4v) is 2.92. The van der Waals surface area contributed by atoms with E-state index in [0.717, 1.165) is 28.5 Å². The predicted octanol–water partition coefficient (Wildman–Crippen LogP) is 3.39. The molecule has 0 bridgehead atoms. The summed E-state index contributed by atoms with van der Waals surface area (Å²) < 4.78 is 3.64. The summed E-state index contributed by atoms with van der Waals surface area (Å²) in [5.41, 5.74) is 3.50. The minimum atomic E-state index is -0.0222. The van der Waals surface area contributed by atoms with Crippen LogP contribution in [0.4, 0.5) is 0 Å². The van der Waals surface area contributed by atoms with Gasteiger partial charge >= 0.3 is 0 Å². The van der Waals surface area contributed by atoms with Crippen molar-refractivity contribution in [1.82, 2.24) is 19.1 Å². The van der Waals surface area contributed by atoms with Gasteiger partial charge in [0.1, 0.15) is 11.0 Å². The molecule has 3 aromatic rings. The Morgan fingerprint density at radius 2 is 2.00 bits per heavy atom. The highest BCUT2D eigenvalue weighted by Gasteiger charge is 2.15. The molecule has 6 heteroatoms. The number of halogens is 1. The Morgan fingerprint density at radius 1 is 1.22 bits per heavy atom. The second-order valence-electron chi connectivity index (χ2n) is 5.30. The van der Waals surface area contributed by atoms with Gasteiger partial charge in [-0.2, -0.15) is 0 Å². The van der Waals surface area contributed by atoms with Gasteiger partial charge in [-0.1, -0.05) is 11.6 Å². The van der Waals surface area contributed by atoms with Crippen molar-refractivity contribution in [3.05, 3.63) is 63.7 Å². The summed E-state index contributed by atoms with van der Waals surface area (Å²) in [5, 5.41) is 0.430. The molecule has 0 aliphatic carbocycles. The van der Waals surface area contributed by atoms with Crippen LogP contribution in [0.1, 0.15) is 18.4 Å². The second kappa shape index (κ2) is 6.01. The topological polar surface area (TPSA) is 52.7 Å². The molecule has 0 aliphatic rings. The Balaban J connectivity index is 2.15. The largest absolute Gasteiger partial charge is 0.316 e. The van der Waals surface area contributed by atoms with Crippen molar-refractivity contribution in [1.29, 1.82) is 0 Å². The van der Waals surface area contributed by atoms with Crippen LogP contribution in [0.3, 0.4) is 0 Å². The number of aromatic nitrogens is 4. The second-order valence-corrected chi connectivity index (χ2v) is 5.69. The smallest absolute Gasteiger partial charge is 0.252 e. The maximum absolute atomic E-state index is 12.1. The Labute approximate surface area is 139 Å². The number of rotatable bonds is 3. The maximum atomic E-state index is 12.1. The molecule has 0 saturated carbocycles. The van der Waals surface area contributed by atoms with Crippen LogP contribution in [-0.2, 0) is 6.54 Å². The van der Waals surface area contributed by atoms with Crippen LogP contribution in [0.5, 0.6) is 0 Å². The van der Waals surface area contributed by atoms with Crippen molar-refractivity contribution in [2.24, 2.45) is 0 Å². The van der Waals surface area contributed by atoms with Gasteiger partial charge in [-0.15, -0.1) is 0 Å². The lowest BCUT2D eigenvalue weighted by molar-refractivity contribution is 0.723. The zero-order valence-corrected chi connectivity index (χ0v) is 14.0. The molecule has 3 heterocycles. The summed E-state index contributed by atoms with van der Waals surface area (Å²) in [7, 11) is 0. The number of imidazole rings is 1. The van der Waals surface area contributed by atoms with Crippen LogP contribution in [0.2, 0.25) is 5.15 Å². The molecule has 0 amide bonds. The van der Waals surface area contributed by atoms with Gasteiger partial charge in [-0.3, -0.25) is 4.79 Å². The molecule has 3 rings (SSSR count). The summed E-state index contributed by atoms with van der Waals surface area (Å²) >= 11 is 5.98. The van der Waals surface area contributed by atoms with E-state index in [9.17, 15) is 4.79 Å². The first-order valence-corrected chi connectivity index (χ1v) is 7.77. The molecular formula is C17H17ClN4O. The van der Waals surface area contributed by atoms with Gasteiger partial charge in [0.25, 0.3) is 5.56 Å². The fourth-order valence-electron chi connectivity index (χ4n) is 2.74. The van der Waals surface area contributed by atoms with E-state index in [1.807, 2.05) is 37.5 Å². The van der Waals surface area contributed by atoms with E-state index >= 15 is 0 Å². The normalized spacial score (nSPS) is 11.0. The monoisotopic (exact) mass is 328 g/mol. The van der Waals surface area contributed by atoms with Crippen LogP contribution < -0.4 is 5.56 Å². The van der Waals surface area contributed by atoms with Crippen LogP contribution in [0.25, 0.3) is 16.9 Å². The molecule has 0 radical (unpaired) electrons. The third-order valence-corrected chi connectivity index (χ3v) is 4.06. The van der Waals surface area contributed by atoms with Crippen molar-refractivity contribution in [2.75, 3.05) is 0 Å². The average molecular weight is 329 g/mol. The molecule has 0 aliphatic heterocycles. The van der Waals surface area contributed by atoms with Crippen LogP contribution in [-0.4, -0.2) is 19.1 Å². The van der Waals surface area contributed by atoms with Crippen LogP contribution in [0, 0.1) is 13.8 Å². The fraction of sp³-hybridized carbons (Fsp3) is 0.235. The number of nitrogens with zero attached hydrogens (tertiary/aromatic N) is 4. The summed E-state index contributed by atoms with van der Waals surface area (Å²) in [6.07, 6.45) is 3.47.